The van der Waals surface area contributed by atoms with E-state index in [-0.39, 0.29) is 0 Å². The van der Waals surface area contributed by atoms with Crippen LogP contribution < -0.4 is 11.1 Å². The molecule has 2 nitrogen and oxygen atoms in total. The lowest BCUT2D eigenvalue weighted by atomic mass is 10.1. The van der Waals surface area contributed by atoms with E-state index < -0.39 is 0 Å². The molecule has 0 aliphatic carbocycles. The Morgan fingerprint density at radius 1 is 1.20 bits per heavy atom. The molecule has 15 heavy (non-hydrogen) atoms. The number of aryl methyl sites for hydroxylation is 1. The van der Waals surface area contributed by atoms with E-state index in [1.807, 2.05) is 0 Å². The molecule has 0 bridgehead atoms. The smallest absolute Gasteiger partial charge is 0.0161 e. The van der Waals surface area contributed by atoms with Gasteiger partial charge in [-0.15, -0.1) is 0 Å². The lowest BCUT2D eigenvalue weighted by molar-refractivity contribution is 0.534. The maximum atomic E-state index is 5.52. The average molecular weight is 206 g/mol. The molecule has 2 heteroatoms. The number of hydrogen-bond donors (Lipinski definition) is 2. The van der Waals surface area contributed by atoms with E-state index in [1.165, 1.54) is 24.8 Å². The molecule has 0 saturated carbocycles. The first kappa shape index (κ1) is 12.2. The predicted molar refractivity (Wildman–Crippen MR) is 65.9 cm³/mol. The van der Waals surface area contributed by atoms with Crippen LogP contribution in [-0.4, -0.2) is 19.1 Å². The van der Waals surface area contributed by atoms with E-state index in [2.05, 4.69) is 42.6 Å². The number of nitrogens with two attached hydrogens (primary N) is 1. The number of rotatable bonds is 7. The summed E-state index contributed by atoms with van der Waals surface area (Å²) in [4.78, 5) is 0. The highest BCUT2D eigenvalue weighted by atomic mass is 14.9. The molecule has 0 aromatic heterocycles. The van der Waals surface area contributed by atoms with Crippen molar-refractivity contribution in [1.82, 2.24) is 5.32 Å². The zero-order valence-electron chi connectivity index (χ0n) is 9.58. The first-order valence-corrected chi connectivity index (χ1v) is 5.80. The van der Waals surface area contributed by atoms with E-state index in [1.54, 1.807) is 0 Å². The van der Waals surface area contributed by atoms with E-state index in [0.717, 1.165) is 13.1 Å². The third-order valence-corrected chi connectivity index (χ3v) is 2.58. The molecule has 0 unspecified atom stereocenters. The Morgan fingerprint density at radius 3 is 2.60 bits per heavy atom. The molecule has 0 amide bonds. The van der Waals surface area contributed by atoms with Gasteiger partial charge in [-0.2, -0.15) is 0 Å². The molecule has 0 aliphatic rings. The van der Waals surface area contributed by atoms with Crippen LogP contribution in [0.5, 0.6) is 0 Å². The third kappa shape index (κ3) is 5.55. The molecule has 1 rings (SSSR count). The quantitative estimate of drug-likeness (QED) is 0.669. The molecule has 3 N–H and O–H groups in total. The van der Waals surface area contributed by atoms with Crippen LogP contribution in [0.3, 0.4) is 0 Å². The monoisotopic (exact) mass is 206 g/mol. The molecule has 0 aliphatic heterocycles. The van der Waals surface area contributed by atoms with Gasteiger partial charge in [0.2, 0.25) is 0 Å². The van der Waals surface area contributed by atoms with Crippen molar-refractivity contribution in [3.63, 3.8) is 0 Å². The number of hydrogen-bond acceptors (Lipinski definition) is 2. The molecule has 1 atom stereocenters. The van der Waals surface area contributed by atoms with Crippen LogP contribution >= 0.6 is 0 Å². The second-order valence-corrected chi connectivity index (χ2v) is 4.03. The van der Waals surface area contributed by atoms with Gasteiger partial charge in [0.25, 0.3) is 0 Å². The van der Waals surface area contributed by atoms with Crippen LogP contribution in [0.2, 0.25) is 0 Å². The summed E-state index contributed by atoms with van der Waals surface area (Å²) in [6.45, 7) is 3.92. The second-order valence-electron chi connectivity index (χ2n) is 4.03. The predicted octanol–water partition coefficient (Wildman–Crippen LogP) is 1.95. The summed E-state index contributed by atoms with van der Waals surface area (Å²) in [5.74, 6) is 0. The van der Waals surface area contributed by atoms with E-state index >= 15 is 0 Å². The standard InChI is InChI=1S/C13H22N2/c1-12(11-14)15-10-6-5-9-13-7-3-2-4-8-13/h2-4,7-8,12,15H,5-6,9-11,14H2,1H3/t12-/m0/s1. The van der Waals surface area contributed by atoms with Gasteiger partial charge >= 0.3 is 0 Å². The molecule has 84 valence electrons. The molecule has 1 aromatic rings. The van der Waals surface area contributed by atoms with Gasteiger partial charge in [-0.05, 0) is 38.3 Å². The van der Waals surface area contributed by atoms with E-state index in [9.17, 15) is 0 Å². The Labute approximate surface area is 92.9 Å². The first-order chi connectivity index (χ1) is 7.33. The summed E-state index contributed by atoms with van der Waals surface area (Å²) in [5, 5.41) is 3.39. The van der Waals surface area contributed by atoms with Gasteiger partial charge in [-0.25, -0.2) is 0 Å². The van der Waals surface area contributed by atoms with Crippen LogP contribution in [0.1, 0.15) is 25.3 Å². The molecule has 1 aromatic carbocycles. The van der Waals surface area contributed by atoms with Crippen molar-refractivity contribution in [3.8, 4) is 0 Å². The molecule has 0 fully saturated rings. The summed E-state index contributed by atoms with van der Waals surface area (Å²) in [7, 11) is 0. The molecule has 0 saturated heterocycles. The van der Waals surface area contributed by atoms with Crippen molar-refractivity contribution in [2.24, 2.45) is 5.73 Å². The lowest BCUT2D eigenvalue weighted by Crippen LogP contribution is -2.33. The minimum atomic E-state index is 0.446. The Kier molecular flexibility index (Phi) is 6.05. The molecule has 0 heterocycles. The molecular weight excluding hydrogens is 184 g/mol. The largest absolute Gasteiger partial charge is 0.329 e. The van der Waals surface area contributed by atoms with Crippen molar-refractivity contribution in [2.75, 3.05) is 13.1 Å². The zero-order chi connectivity index (χ0) is 10.9. The van der Waals surface area contributed by atoms with Crippen molar-refractivity contribution in [2.45, 2.75) is 32.2 Å². The third-order valence-electron chi connectivity index (χ3n) is 2.58. The second kappa shape index (κ2) is 7.43. The fraction of sp³-hybridized carbons (Fsp3) is 0.538. The van der Waals surface area contributed by atoms with Gasteiger partial charge in [-0.3, -0.25) is 0 Å². The Bertz CT molecular complexity index is 246. The summed E-state index contributed by atoms with van der Waals surface area (Å²) in [6, 6.07) is 11.1. The molecule has 0 spiro atoms. The summed E-state index contributed by atoms with van der Waals surface area (Å²) >= 11 is 0. The highest BCUT2D eigenvalue weighted by molar-refractivity contribution is 5.14. The highest BCUT2D eigenvalue weighted by Gasteiger charge is 1.96. The highest BCUT2D eigenvalue weighted by Crippen LogP contribution is 2.03. The van der Waals surface area contributed by atoms with Gasteiger partial charge in [0, 0.05) is 12.6 Å². The lowest BCUT2D eigenvalue weighted by Gasteiger charge is -2.10. The van der Waals surface area contributed by atoms with Gasteiger partial charge in [0.1, 0.15) is 0 Å². The summed E-state index contributed by atoms with van der Waals surface area (Å²) in [6.07, 6.45) is 3.65. The van der Waals surface area contributed by atoms with Crippen molar-refractivity contribution < 1.29 is 0 Å². The molecular formula is C13H22N2. The van der Waals surface area contributed by atoms with E-state index in [0.29, 0.717) is 6.04 Å². The minimum Gasteiger partial charge on any atom is -0.329 e. The minimum absolute atomic E-state index is 0.446. The normalized spacial score (nSPS) is 12.7. The summed E-state index contributed by atoms with van der Waals surface area (Å²) < 4.78 is 0. The number of nitrogens with one attached hydrogen (secondary N) is 1. The maximum absolute atomic E-state index is 5.52. The average Bonchev–Trinajstić information content (AvgIpc) is 2.29. The Morgan fingerprint density at radius 2 is 1.93 bits per heavy atom. The van der Waals surface area contributed by atoms with Crippen molar-refractivity contribution in [1.29, 1.82) is 0 Å². The van der Waals surface area contributed by atoms with Crippen LogP contribution in [0.15, 0.2) is 30.3 Å². The Balaban J connectivity index is 2.03. The molecule has 0 radical (unpaired) electrons. The SMILES string of the molecule is C[C@@H](CN)NCCCCc1ccccc1. The van der Waals surface area contributed by atoms with Crippen molar-refractivity contribution in [3.05, 3.63) is 35.9 Å². The Hall–Kier alpha value is -0.860. The summed E-state index contributed by atoms with van der Waals surface area (Å²) in [5.41, 5.74) is 6.95. The zero-order valence-corrected chi connectivity index (χ0v) is 9.58. The fourth-order valence-corrected chi connectivity index (χ4v) is 1.53. The fourth-order valence-electron chi connectivity index (χ4n) is 1.53. The van der Waals surface area contributed by atoms with Crippen LogP contribution in [0.4, 0.5) is 0 Å². The first-order valence-electron chi connectivity index (χ1n) is 5.80. The number of benzene rings is 1. The van der Waals surface area contributed by atoms with E-state index in [4.69, 9.17) is 5.73 Å². The van der Waals surface area contributed by atoms with Crippen LogP contribution in [-0.2, 0) is 6.42 Å². The maximum Gasteiger partial charge on any atom is 0.0161 e. The van der Waals surface area contributed by atoms with Gasteiger partial charge in [0.05, 0.1) is 0 Å². The van der Waals surface area contributed by atoms with Gasteiger partial charge in [0.15, 0.2) is 0 Å². The van der Waals surface area contributed by atoms with Gasteiger partial charge < -0.3 is 11.1 Å². The number of unbranched alkanes of at least 4 members (excludes halogenated alkanes) is 1. The van der Waals surface area contributed by atoms with Gasteiger partial charge in [-0.1, -0.05) is 30.3 Å². The topological polar surface area (TPSA) is 38.0 Å². The van der Waals surface area contributed by atoms with Crippen LogP contribution in [0.25, 0.3) is 0 Å². The van der Waals surface area contributed by atoms with Crippen LogP contribution in [0, 0.1) is 0 Å². The van der Waals surface area contributed by atoms with Crippen molar-refractivity contribution >= 4 is 0 Å².